The lowest BCUT2D eigenvalue weighted by molar-refractivity contribution is -0.116. The minimum absolute atomic E-state index is 0.141. The fraction of sp³-hybridized carbons (Fsp3) is 0.235. The summed E-state index contributed by atoms with van der Waals surface area (Å²) in [7, 11) is 2.93. The quantitative estimate of drug-likeness (QED) is 0.708. The Morgan fingerprint density at radius 2 is 2.08 bits per heavy atom. The number of nitrogens with zero attached hydrogens (tertiary/aromatic N) is 2. The van der Waals surface area contributed by atoms with E-state index in [1.54, 1.807) is 14.0 Å². The molecule has 0 unspecified atom stereocenters. The predicted octanol–water partition coefficient (Wildman–Crippen LogP) is 2.84. The van der Waals surface area contributed by atoms with Gasteiger partial charge in [-0.3, -0.25) is 4.79 Å². The van der Waals surface area contributed by atoms with Crippen molar-refractivity contribution in [1.82, 2.24) is 9.55 Å². The van der Waals surface area contributed by atoms with Crippen LogP contribution in [-0.4, -0.2) is 35.6 Å². The third-order valence-corrected chi connectivity index (χ3v) is 4.76. The maximum atomic E-state index is 12.3. The SMILES string of the molecule is COC(=O)c1sc(NC(=O)Cn2ccc3cc(OC)ccc32)nc1C. The monoisotopic (exact) mass is 359 g/mol. The van der Waals surface area contributed by atoms with Crippen LogP contribution in [0.5, 0.6) is 5.75 Å². The number of nitrogens with one attached hydrogen (secondary N) is 1. The number of hydrogen-bond donors (Lipinski definition) is 1. The summed E-state index contributed by atoms with van der Waals surface area (Å²) in [4.78, 5) is 28.5. The van der Waals surface area contributed by atoms with Gasteiger partial charge in [-0.1, -0.05) is 11.3 Å². The molecule has 1 amide bonds. The average molecular weight is 359 g/mol. The minimum atomic E-state index is -0.458. The van der Waals surface area contributed by atoms with Crippen molar-refractivity contribution in [2.45, 2.75) is 13.5 Å². The summed E-state index contributed by atoms with van der Waals surface area (Å²) in [6.45, 7) is 1.84. The smallest absolute Gasteiger partial charge is 0.350 e. The van der Waals surface area contributed by atoms with Crippen LogP contribution < -0.4 is 10.1 Å². The topological polar surface area (TPSA) is 82.5 Å². The molecule has 0 atom stereocenters. The number of amides is 1. The number of esters is 1. The second-order valence-corrected chi connectivity index (χ2v) is 6.34. The van der Waals surface area contributed by atoms with E-state index in [0.29, 0.717) is 15.7 Å². The molecule has 0 aliphatic rings. The van der Waals surface area contributed by atoms with Gasteiger partial charge in [0.05, 0.1) is 19.9 Å². The van der Waals surface area contributed by atoms with Crippen molar-refractivity contribution in [1.29, 1.82) is 0 Å². The number of anilines is 1. The lowest BCUT2D eigenvalue weighted by Gasteiger charge is -2.06. The standard InChI is InChI=1S/C17H17N3O4S/c1-10-15(16(22)24-3)25-17(18-10)19-14(21)9-20-7-6-11-8-12(23-2)4-5-13(11)20/h4-8H,9H2,1-3H3,(H,18,19,21). The van der Waals surface area contributed by atoms with E-state index in [0.717, 1.165) is 28.0 Å². The maximum Gasteiger partial charge on any atom is 0.350 e. The highest BCUT2D eigenvalue weighted by Gasteiger charge is 2.17. The summed E-state index contributed by atoms with van der Waals surface area (Å²) in [5.41, 5.74) is 1.46. The number of carbonyl (C=O) groups excluding carboxylic acids is 2. The molecule has 0 aliphatic heterocycles. The van der Waals surface area contributed by atoms with Crippen molar-refractivity contribution in [3.8, 4) is 5.75 Å². The van der Waals surface area contributed by atoms with Crippen molar-refractivity contribution in [3.05, 3.63) is 41.0 Å². The molecule has 0 bridgehead atoms. The molecule has 0 saturated heterocycles. The molecule has 0 spiro atoms. The van der Waals surface area contributed by atoms with Crippen LogP contribution in [0.3, 0.4) is 0 Å². The van der Waals surface area contributed by atoms with Crippen molar-refractivity contribution in [2.75, 3.05) is 19.5 Å². The van der Waals surface area contributed by atoms with E-state index in [9.17, 15) is 9.59 Å². The summed E-state index contributed by atoms with van der Waals surface area (Å²) in [5, 5.41) is 4.09. The molecule has 7 nitrogen and oxygen atoms in total. The van der Waals surface area contributed by atoms with Crippen molar-refractivity contribution >= 4 is 39.2 Å². The van der Waals surface area contributed by atoms with Crippen LogP contribution in [0.25, 0.3) is 10.9 Å². The van der Waals surface area contributed by atoms with Crippen LogP contribution >= 0.6 is 11.3 Å². The molecule has 0 radical (unpaired) electrons. The molecule has 25 heavy (non-hydrogen) atoms. The number of aryl methyl sites for hydroxylation is 1. The Bertz CT molecular complexity index is 945. The number of benzene rings is 1. The molecule has 2 aromatic heterocycles. The van der Waals surface area contributed by atoms with Gasteiger partial charge in [0.25, 0.3) is 0 Å². The fourth-order valence-electron chi connectivity index (χ4n) is 2.49. The number of hydrogen-bond acceptors (Lipinski definition) is 6. The van der Waals surface area contributed by atoms with Gasteiger partial charge >= 0.3 is 5.97 Å². The van der Waals surface area contributed by atoms with Gasteiger partial charge in [-0.15, -0.1) is 0 Å². The van der Waals surface area contributed by atoms with Crippen LogP contribution in [-0.2, 0) is 16.1 Å². The number of ether oxygens (including phenoxy) is 2. The van der Waals surface area contributed by atoms with Crippen LogP contribution in [0.4, 0.5) is 5.13 Å². The Morgan fingerprint density at radius 1 is 1.28 bits per heavy atom. The highest BCUT2D eigenvalue weighted by atomic mass is 32.1. The summed E-state index contributed by atoms with van der Waals surface area (Å²) < 4.78 is 11.7. The molecular weight excluding hydrogens is 342 g/mol. The number of rotatable bonds is 5. The van der Waals surface area contributed by atoms with E-state index in [-0.39, 0.29) is 12.5 Å². The van der Waals surface area contributed by atoms with Crippen molar-refractivity contribution < 1.29 is 19.1 Å². The first-order chi connectivity index (χ1) is 12.0. The Kier molecular flexibility index (Phi) is 4.71. The highest BCUT2D eigenvalue weighted by Crippen LogP contribution is 2.24. The van der Waals surface area contributed by atoms with Crippen molar-refractivity contribution in [2.24, 2.45) is 0 Å². The molecule has 3 rings (SSSR count). The first-order valence-corrected chi connectivity index (χ1v) is 8.32. The molecular formula is C17H17N3O4S. The zero-order chi connectivity index (χ0) is 18.0. The molecule has 0 saturated carbocycles. The van der Waals surface area contributed by atoms with Gasteiger partial charge in [-0.25, -0.2) is 9.78 Å². The summed E-state index contributed by atoms with van der Waals surface area (Å²) >= 11 is 1.10. The molecule has 0 aliphatic carbocycles. The number of thiazole rings is 1. The van der Waals surface area contributed by atoms with E-state index < -0.39 is 5.97 Å². The Hall–Kier alpha value is -2.87. The largest absolute Gasteiger partial charge is 0.497 e. The molecule has 1 N–H and O–H groups in total. The van der Waals surface area contributed by atoms with Gasteiger partial charge in [-0.05, 0) is 31.2 Å². The predicted molar refractivity (Wildman–Crippen MR) is 95.3 cm³/mol. The Labute approximate surface area is 148 Å². The van der Waals surface area contributed by atoms with E-state index in [2.05, 4.69) is 10.3 Å². The second kappa shape index (κ2) is 6.94. The van der Waals surface area contributed by atoms with Crippen LogP contribution in [0.1, 0.15) is 15.4 Å². The number of fused-ring (bicyclic) bond motifs is 1. The normalized spacial score (nSPS) is 10.7. The number of methoxy groups -OCH3 is 2. The van der Waals surface area contributed by atoms with Gasteiger partial charge in [0.2, 0.25) is 5.91 Å². The molecule has 3 aromatic rings. The highest BCUT2D eigenvalue weighted by molar-refractivity contribution is 7.17. The first-order valence-electron chi connectivity index (χ1n) is 7.50. The van der Waals surface area contributed by atoms with Gasteiger partial charge in [0.15, 0.2) is 5.13 Å². The van der Waals surface area contributed by atoms with Crippen LogP contribution in [0, 0.1) is 6.92 Å². The number of aromatic nitrogens is 2. The van der Waals surface area contributed by atoms with E-state index in [1.807, 2.05) is 35.0 Å². The van der Waals surface area contributed by atoms with Crippen molar-refractivity contribution in [3.63, 3.8) is 0 Å². The molecule has 1 aromatic carbocycles. The lowest BCUT2D eigenvalue weighted by Crippen LogP contribution is -2.18. The van der Waals surface area contributed by atoms with Gasteiger partial charge < -0.3 is 19.4 Å². The van der Waals surface area contributed by atoms with Gasteiger partial charge in [0, 0.05) is 17.1 Å². The molecule has 8 heteroatoms. The first kappa shape index (κ1) is 17.0. The third kappa shape index (κ3) is 3.48. The van der Waals surface area contributed by atoms with Gasteiger partial charge in [-0.2, -0.15) is 0 Å². The Balaban J connectivity index is 1.74. The average Bonchev–Trinajstić information content (AvgIpc) is 3.17. The van der Waals surface area contributed by atoms with E-state index in [4.69, 9.17) is 9.47 Å². The van der Waals surface area contributed by atoms with Crippen LogP contribution in [0.15, 0.2) is 30.5 Å². The molecule has 0 fully saturated rings. The summed E-state index contributed by atoms with van der Waals surface area (Å²) in [6, 6.07) is 7.60. The third-order valence-electron chi connectivity index (χ3n) is 3.71. The lowest BCUT2D eigenvalue weighted by atomic mass is 10.2. The van der Waals surface area contributed by atoms with E-state index >= 15 is 0 Å². The second-order valence-electron chi connectivity index (χ2n) is 5.34. The van der Waals surface area contributed by atoms with Gasteiger partial charge in [0.1, 0.15) is 17.2 Å². The zero-order valence-electron chi connectivity index (χ0n) is 14.0. The Morgan fingerprint density at radius 3 is 2.80 bits per heavy atom. The zero-order valence-corrected chi connectivity index (χ0v) is 14.8. The summed E-state index contributed by atoms with van der Waals surface area (Å²) in [5.74, 6) is 0.0858. The number of carbonyl (C=O) groups is 2. The molecule has 130 valence electrons. The van der Waals surface area contributed by atoms with Crippen LogP contribution in [0.2, 0.25) is 0 Å². The van der Waals surface area contributed by atoms with E-state index in [1.165, 1.54) is 7.11 Å². The fourth-order valence-corrected chi connectivity index (χ4v) is 3.39. The summed E-state index contributed by atoms with van der Waals surface area (Å²) in [6.07, 6.45) is 1.84. The molecule has 2 heterocycles. The maximum absolute atomic E-state index is 12.3. The minimum Gasteiger partial charge on any atom is -0.497 e.